The number of hydrogen-bond donors (Lipinski definition) is 1. The van der Waals surface area contributed by atoms with E-state index in [-0.39, 0.29) is 11.8 Å². The number of hydrogen-bond acceptors (Lipinski definition) is 5. The highest BCUT2D eigenvalue weighted by Crippen LogP contribution is 2.24. The first-order valence-corrected chi connectivity index (χ1v) is 11.3. The smallest absolute Gasteiger partial charge is 0.223 e. The molecule has 3 aromatic rings. The lowest BCUT2D eigenvalue weighted by Crippen LogP contribution is -2.41. The number of ether oxygens (including phenoxy) is 1. The number of rotatable bonds is 7. The molecule has 2 aromatic carbocycles. The molecule has 166 valence electrons. The maximum absolute atomic E-state index is 12.6. The van der Waals surface area contributed by atoms with E-state index in [9.17, 15) is 4.79 Å². The van der Waals surface area contributed by atoms with Crippen molar-refractivity contribution in [1.29, 1.82) is 0 Å². The van der Waals surface area contributed by atoms with Crippen molar-refractivity contribution >= 4 is 23.3 Å². The molecule has 1 aromatic heterocycles. The minimum atomic E-state index is 0.0397. The minimum Gasteiger partial charge on any atom is -0.497 e. The Morgan fingerprint density at radius 2 is 1.88 bits per heavy atom. The van der Waals surface area contributed by atoms with Gasteiger partial charge in [0, 0.05) is 36.1 Å². The molecule has 1 N–H and O–H groups in total. The predicted molar refractivity (Wildman–Crippen MR) is 127 cm³/mol. The zero-order chi connectivity index (χ0) is 22.3. The molecule has 0 radical (unpaired) electrons. The molecule has 1 amide bonds. The highest BCUT2D eigenvalue weighted by molar-refractivity contribution is 6.30. The SMILES string of the molecule is COc1cccc(CCNC(=O)C2CCN(c3ccc(-c4ccc(Cl)cc4)nn3)CC2)c1. The van der Waals surface area contributed by atoms with Crippen molar-refractivity contribution in [3.8, 4) is 17.0 Å². The number of benzene rings is 2. The summed E-state index contributed by atoms with van der Waals surface area (Å²) in [4.78, 5) is 14.8. The van der Waals surface area contributed by atoms with Crippen LogP contribution < -0.4 is 15.0 Å². The number of nitrogens with one attached hydrogen (secondary N) is 1. The normalized spacial score (nSPS) is 14.2. The summed E-state index contributed by atoms with van der Waals surface area (Å²) in [7, 11) is 1.66. The standard InChI is InChI=1S/C25H27ClN4O2/c1-32-22-4-2-3-18(17-22)11-14-27-25(31)20-12-15-30(16-13-20)24-10-9-23(28-29-24)19-5-7-21(26)8-6-19/h2-10,17,20H,11-16H2,1H3,(H,27,31). The average Bonchev–Trinajstić information content (AvgIpc) is 2.85. The van der Waals surface area contributed by atoms with Crippen LogP contribution in [-0.4, -0.2) is 42.8 Å². The van der Waals surface area contributed by atoms with E-state index < -0.39 is 0 Å². The van der Waals surface area contributed by atoms with E-state index in [4.69, 9.17) is 16.3 Å². The molecule has 1 aliphatic heterocycles. The third-order valence-corrected chi connectivity index (χ3v) is 6.08. The first-order chi connectivity index (χ1) is 15.6. The highest BCUT2D eigenvalue weighted by atomic mass is 35.5. The van der Waals surface area contributed by atoms with Gasteiger partial charge in [-0.3, -0.25) is 4.79 Å². The topological polar surface area (TPSA) is 67.3 Å². The van der Waals surface area contributed by atoms with Crippen LogP contribution in [0.2, 0.25) is 5.02 Å². The molecule has 0 bridgehead atoms. The first-order valence-electron chi connectivity index (χ1n) is 10.9. The molecule has 7 heteroatoms. The summed E-state index contributed by atoms with van der Waals surface area (Å²) >= 11 is 5.95. The number of carbonyl (C=O) groups is 1. The van der Waals surface area contributed by atoms with Crippen LogP contribution in [0.1, 0.15) is 18.4 Å². The van der Waals surface area contributed by atoms with Crippen LogP contribution in [0, 0.1) is 5.92 Å². The van der Waals surface area contributed by atoms with Crippen LogP contribution in [0.4, 0.5) is 5.82 Å². The number of halogens is 1. The Balaban J connectivity index is 1.24. The minimum absolute atomic E-state index is 0.0397. The van der Waals surface area contributed by atoms with Crippen LogP contribution in [0.15, 0.2) is 60.7 Å². The lowest BCUT2D eigenvalue weighted by atomic mass is 9.96. The van der Waals surface area contributed by atoms with Gasteiger partial charge in [-0.1, -0.05) is 35.9 Å². The molecule has 1 aliphatic rings. The van der Waals surface area contributed by atoms with Crippen molar-refractivity contribution in [2.75, 3.05) is 31.6 Å². The van der Waals surface area contributed by atoms with Gasteiger partial charge in [0.15, 0.2) is 5.82 Å². The van der Waals surface area contributed by atoms with Gasteiger partial charge in [-0.15, -0.1) is 10.2 Å². The molecular formula is C25H27ClN4O2. The second kappa shape index (κ2) is 10.5. The zero-order valence-electron chi connectivity index (χ0n) is 18.1. The van der Waals surface area contributed by atoms with Gasteiger partial charge >= 0.3 is 0 Å². The molecule has 1 fully saturated rings. The number of piperidine rings is 1. The van der Waals surface area contributed by atoms with E-state index in [1.807, 2.05) is 60.7 Å². The third-order valence-electron chi connectivity index (χ3n) is 5.83. The molecule has 0 atom stereocenters. The van der Waals surface area contributed by atoms with E-state index in [1.54, 1.807) is 7.11 Å². The van der Waals surface area contributed by atoms with Crippen LogP contribution in [0.3, 0.4) is 0 Å². The summed E-state index contributed by atoms with van der Waals surface area (Å²) in [6.45, 7) is 2.22. The Morgan fingerprint density at radius 3 is 2.56 bits per heavy atom. The quantitative estimate of drug-likeness (QED) is 0.578. The largest absolute Gasteiger partial charge is 0.497 e. The third kappa shape index (κ3) is 5.56. The number of nitrogens with zero attached hydrogens (tertiary/aromatic N) is 3. The molecule has 0 saturated carbocycles. The van der Waals surface area contributed by atoms with Crippen molar-refractivity contribution in [2.24, 2.45) is 5.92 Å². The Hall–Kier alpha value is -3.12. The van der Waals surface area contributed by atoms with Gasteiger partial charge in [0.05, 0.1) is 12.8 Å². The maximum atomic E-state index is 12.6. The number of amides is 1. The van der Waals surface area contributed by atoms with Gasteiger partial charge < -0.3 is 15.0 Å². The van der Waals surface area contributed by atoms with Crippen molar-refractivity contribution in [3.05, 3.63) is 71.2 Å². The molecule has 32 heavy (non-hydrogen) atoms. The summed E-state index contributed by atoms with van der Waals surface area (Å²) in [6.07, 6.45) is 2.41. The summed E-state index contributed by atoms with van der Waals surface area (Å²) in [5, 5.41) is 12.6. The molecular weight excluding hydrogens is 424 g/mol. The zero-order valence-corrected chi connectivity index (χ0v) is 18.9. The van der Waals surface area contributed by atoms with Crippen LogP contribution in [-0.2, 0) is 11.2 Å². The lowest BCUT2D eigenvalue weighted by molar-refractivity contribution is -0.125. The molecule has 0 unspecified atom stereocenters. The van der Waals surface area contributed by atoms with Gasteiger partial charge in [-0.25, -0.2) is 0 Å². The van der Waals surface area contributed by atoms with E-state index >= 15 is 0 Å². The lowest BCUT2D eigenvalue weighted by Gasteiger charge is -2.31. The van der Waals surface area contributed by atoms with E-state index in [1.165, 1.54) is 0 Å². The second-order valence-electron chi connectivity index (χ2n) is 7.94. The monoisotopic (exact) mass is 450 g/mol. The number of methoxy groups -OCH3 is 1. The molecule has 4 rings (SSSR count). The number of aromatic nitrogens is 2. The summed E-state index contributed by atoms with van der Waals surface area (Å²) < 4.78 is 5.25. The molecule has 1 saturated heterocycles. The number of anilines is 1. The highest BCUT2D eigenvalue weighted by Gasteiger charge is 2.25. The number of carbonyl (C=O) groups excluding carboxylic acids is 1. The van der Waals surface area contributed by atoms with Crippen LogP contribution in [0.5, 0.6) is 5.75 Å². The van der Waals surface area contributed by atoms with Crippen molar-refractivity contribution in [2.45, 2.75) is 19.3 Å². The Kier molecular flexibility index (Phi) is 7.22. The van der Waals surface area contributed by atoms with Gasteiger partial charge in [-0.2, -0.15) is 0 Å². The van der Waals surface area contributed by atoms with Crippen molar-refractivity contribution < 1.29 is 9.53 Å². The van der Waals surface area contributed by atoms with E-state index in [0.29, 0.717) is 11.6 Å². The van der Waals surface area contributed by atoms with E-state index in [0.717, 1.165) is 60.7 Å². The van der Waals surface area contributed by atoms with Crippen molar-refractivity contribution in [1.82, 2.24) is 15.5 Å². The predicted octanol–water partition coefficient (Wildman–Crippen LogP) is 4.38. The summed E-state index contributed by atoms with van der Waals surface area (Å²) in [5.41, 5.74) is 2.95. The molecule has 2 heterocycles. The fourth-order valence-corrected chi connectivity index (χ4v) is 4.07. The van der Waals surface area contributed by atoms with Gasteiger partial charge in [0.2, 0.25) is 5.91 Å². The summed E-state index contributed by atoms with van der Waals surface area (Å²) in [5.74, 6) is 1.86. The van der Waals surface area contributed by atoms with E-state index in [2.05, 4.69) is 20.4 Å². The van der Waals surface area contributed by atoms with Crippen molar-refractivity contribution in [3.63, 3.8) is 0 Å². The van der Waals surface area contributed by atoms with Gasteiger partial charge in [0.1, 0.15) is 5.75 Å². The Morgan fingerprint density at radius 1 is 1.09 bits per heavy atom. The average molecular weight is 451 g/mol. The first kappa shape index (κ1) is 22.1. The molecule has 0 aliphatic carbocycles. The molecule has 6 nitrogen and oxygen atoms in total. The summed E-state index contributed by atoms with van der Waals surface area (Å²) in [6, 6.07) is 19.5. The Bertz CT molecular complexity index is 1030. The van der Waals surface area contributed by atoms with Crippen LogP contribution in [0.25, 0.3) is 11.3 Å². The fourth-order valence-electron chi connectivity index (χ4n) is 3.94. The fraction of sp³-hybridized carbons (Fsp3) is 0.320. The van der Waals surface area contributed by atoms with Gasteiger partial charge in [-0.05, 0) is 61.2 Å². The second-order valence-corrected chi connectivity index (χ2v) is 8.37. The Labute approximate surface area is 193 Å². The van der Waals surface area contributed by atoms with Gasteiger partial charge in [0.25, 0.3) is 0 Å². The van der Waals surface area contributed by atoms with Crippen LogP contribution >= 0.6 is 11.6 Å². The maximum Gasteiger partial charge on any atom is 0.223 e. The molecule has 0 spiro atoms.